The van der Waals surface area contributed by atoms with Crippen LogP contribution in [0.5, 0.6) is 5.75 Å². The highest BCUT2D eigenvalue weighted by Crippen LogP contribution is 2.55. The Balaban J connectivity index is 1.33. The SMILES string of the molecule is CC[C@@H]1CN(Cc2cccc(-n3ncc(C(=O)OC)c3[C@@H]3C[C@H]3c3cn(CC)nn3)c2)S(=O)(=O)c2ccccc2O1. The molecule has 0 radical (unpaired) electrons. The Labute approximate surface area is 238 Å². The number of fused-ring (bicyclic) bond motifs is 1. The number of aromatic nitrogens is 5. The third-order valence-corrected chi connectivity index (χ3v) is 9.60. The van der Waals surface area contributed by atoms with Gasteiger partial charge in [-0.2, -0.15) is 9.40 Å². The van der Waals surface area contributed by atoms with Crippen LogP contribution in [0.25, 0.3) is 5.69 Å². The summed E-state index contributed by atoms with van der Waals surface area (Å²) in [4.78, 5) is 12.9. The first kappa shape index (κ1) is 27.2. The third kappa shape index (κ3) is 5.02. The number of hydrogen-bond acceptors (Lipinski definition) is 8. The van der Waals surface area contributed by atoms with E-state index in [0.29, 0.717) is 17.7 Å². The summed E-state index contributed by atoms with van der Waals surface area (Å²) in [5, 5.41) is 13.1. The largest absolute Gasteiger partial charge is 0.488 e. The molecule has 0 spiro atoms. The molecule has 3 heterocycles. The normalized spacial score (nSPS) is 21.5. The number of rotatable bonds is 8. The summed E-state index contributed by atoms with van der Waals surface area (Å²) < 4.78 is 43.5. The van der Waals surface area contributed by atoms with E-state index in [0.717, 1.165) is 35.6 Å². The smallest absolute Gasteiger partial charge is 0.341 e. The van der Waals surface area contributed by atoms with E-state index in [1.54, 1.807) is 33.6 Å². The number of carbonyl (C=O) groups is 1. The van der Waals surface area contributed by atoms with Crippen molar-refractivity contribution in [3.8, 4) is 11.4 Å². The van der Waals surface area contributed by atoms with Crippen LogP contribution in [0.2, 0.25) is 0 Å². The Kier molecular flexibility index (Phi) is 7.12. The van der Waals surface area contributed by atoms with E-state index >= 15 is 0 Å². The molecule has 6 rings (SSSR count). The number of aryl methyl sites for hydroxylation is 1. The lowest BCUT2D eigenvalue weighted by Gasteiger charge is -2.22. The first-order valence-corrected chi connectivity index (χ1v) is 15.2. The van der Waals surface area contributed by atoms with Crippen LogP contribution >= 0.6 is 0 Å². The number of ether oxygens (including phenoxy) is 2. The zero-order valence-corrected chi connectivity index (χ0v) is 24.0. The second kappa shape index (κ2) is 10.7. The lowest BCUT2D eigenvalue weighted by atomic mass is 10.1. The van der Waals surface area contributed by atoms with Gasteiger partial charge < -0.3 is 9.47 Å². The van der Waals surface area contributed by atoms with E-state index in [9.17, 15) is 13.2 Å². The van der Waals surface area contributed by atoms with Crippen molar-refractivity contribution in [2.24, 2.45) is 0 Å². The second-order valence-electron chi connectivity index (χ2n) is 10.4. The number of nitrogens with zero attached hydrogens (tertiary/aromatic N) is 6. The maximum Gasteiger partial charge on any atom is 0.341 e. The quantitative estimate of drug-likeness (QED) is 0.290. The van der Waals surface area contributed by atoms with E-state index in [4.69, 9.17) is 9.47 Å². The average Bonchev–Trinajstić information content (AvgIpc) is 3.43. The molecule has 0 amide bonds. The molecule has 1 fully saturated rings. The summed E-state index contributed by atoms with van der Waals surface area (Å²) in [7, 11) is -2.43. The van der Waals surface area contributed by atoms with Crippen LogP contribution in [0.3, 0.4) is 0 Å². The minimum absolute atomic E-state index is 0.0159. The molecule has 1 saturated carbocycles. The lowest BCUT2D eigenvalue weighted by Crippen LogP contribution is -2.36. The molecule has 0 N–H and O–H groups in total. The highest BCUT2D eigenvalue weighted by molar-refractivity contribution is 7.89. The monoisotopic (exact) mass is 576 g/mol. The highest BCUT2D eigenvalue weighted by Gasteiger charge is 2.46. The molecule has 2 aromatic carbocycles. The Morgan fingerprint density at radius 2 is 1.95 bits per heavy atom. The number of carbonyl (C=O) groups excluding carboxylic acids is 1. The van der Waals surface area contributed by atoms with Gasteiger partial charge in [-0.05, 0) is 49.6 Å². The second-order valence-corrected chi connectivity index (χ2v) is 12.3. The fraction of sp³-hybridized carbons (Fsp3) is 0.379. The summed E-state index contributed by atoms with van der Waals surface area (Å²) in [6.07, 6.45) is 4.68. The number of esters is 1. The van der Waals surface area contributed by atoms with Gasteiger partial charge in [0.25, 0.3) is 0 Å². The van der Waals surface area contributed by atoms with Gasteiger partial charge in [0.05, 0.1) is 36.9 Å². The van der Waals surface area contributed by atoms with Crippen LogP contribution < -0.4 is 4.74 Å². The minimum atomic E-state index is -3.79. The lowest BCUT2D eigenvalue weighted by molar-refractivity contribution is 0.0599. The van der Waals surface area contributed by atoms with Crippen molar-refractivity contribution < 1.29 is 22.7 Å². The molecule has 4 aromatic rings. The summed E-state index contributed by atoms with van der Waals surface area (Å²) in [6, 6.07) is 14.3. The molecule has 3 atom stereocenters. The standard InChI is InChI=1S/C29H32N6O5S/c1-4-21-17-34(41(37,38)27-12-7-6-11-26(27)40-21)16-19-9-8-10-20(13-19)35-28(24(15-30-35)29(36)39-3)23-14-22(23)25-18-33(5-2)32-31-25/h6-13,15,18,21-23H,4-5,14,16-17H2,1-3H3/t21-,22-,23-/m1/s1. The van der Waals surface area contributed by atoms with Gasteiger partial charge >= 0.3 is 5.97 Å². The van der Waals surface area contributed by atoms with Crippen molar-refractivity contribution in [1.82, 2.24) is 29.1 Å². The molecular formula is C29H32N6O5S. The highest BCUT2D eigenvalue weighted by atomic mass is 32.2. The fourth-order valence-electron chi connectivity index (χ4n) is 5.44. The Morgan fingerprint density at radius 1 is 1.12 bits per heavy atom. The zero-order chi connectivity index (χ0) is 28.7. The molecule has 12 heteroatoms. The number of methoxy groups -OCH3 is 1. The van der Waals surface area contributed by atoms with Crippen molar-refractivity contribution >= 4 is 16.0 Å². The van der Waals surface area contributed by atoms with Gasteiger partial charge in [0, 0.05) is 31.1 Å². The van der Waals surface area contributed by atoms with Gasteiger partial charge in [0.1, 0.15) is 22.3 Å². The first-order chi connectivity index (χ1) is 19.8. The van der Waals surface area contributed by atoms with Gasteiger partial charge in [-0.15, -0.1) is 5.10 Å². The number of benzene rings is 2. The van der Waals surface area contributed by atoms with Gasteiger partial charge in [0.15, 0.2) is 0 Å². The Morgan fingerprint density at radius 3 is 2.71 bits per heavy atom. The van der Waals surface area contributed by atoms with E-state index in [1.165, 1.54) is 17.6 Å². The van der Waals surface area contributed by atoms with Crippen molar-refractivity contribution in [1.29, 1.82) is 0 Å². The summed E-state index contributed by atoms with van der Waals surface area (Å²) in [6.45, 7) is 5.11. The van der Waals surface area contributed by atoms with E-state index in [-0.39, 0.29) is 35.9 Å². The van der Waals surface area contributed by atoms with Crippen molar-refractivity contribution in [3.05, 3.63) is 83.4 Å². The molecule has 1 aliphatic heterocycles. The van der Waals surface area contributed by atoms with Gasteiger partial charge in [-0.1, -0.05) is 36.4 Å². The predicted octanol–water partition coefficient (Wildman–Crippen LogP) is 3.90. The van der Waals surface area contributed by atoms with Crippen molar-refractivity contribution in [2.45, 2.75) is 62.6 Å². The van der Waals surface area contributed by atoms with Gasteiger partial charge in [-0.25, -0.2) is 17.9 Å². The average molecular weight is 577 g/mol. The summed E-state index contributed by atoms with van der Waals surface area (Å²) >= 11 is 0. The third-order valence-electron chi connectivity index (χ3n) is 7.75. The maximum absolute atomic E-state index is 13.7. The van der Waals surface area contributed by atoms with Crippen LogP contribution in [-0.2, 0) is 27.8 Å². The molecular weight excluding hydrogens is 544 g/mol. The van der Waals surface area contributed by atoms with E-state index in [1.807, 2.05) is 44.3 Å². The van der Waals surface area contributed by atoms with Crippen LogP contribution in [0.1, 0.15) is 65.8 Å². The number of para-hydroxylation sites is 1. The predicted molar refractivity (Wildman–Crippen MR) is 149 cm³/mol. The molecule has 2 aliphatic rings. The summed E-state index contributed by atoms with van der Waals surface area (Å²) in [5.41, 5.74) is 3.56. The van der Waals surface area contributed by atoms with Crippen LogP contribution in [0, 0.1) is 0 Å². The molecule has 41 heavy (non-hydrogen) atoms. The van der Waals surface area contributed by atoms with Crippen molar-refractivity contribution in [2.75, 3.05) is 13.7 Å². The number of hydrogen-bond donors (Lipinski definition) is 0. The molecule has 1 aliphatic carbocycles. The first-order valence-electron chi connectivity index (χ1n) is 13.7. The Hall–Kier alpha value is -4.03. The van der Waals surface area contributed by atoms with E-state index < -0.39 is 16.0 Å². The number of sulfonamides is 1. The zero-order valence-electron chi connectivity index (χ0n) is 23.2. The molecule has 0 bridgehead atoms. The maximum atomic E-state index is 13.7. The summed E-state index contributed by atoms with van der Waals surface area (Å²) in [5.74, 6) is 0.0584. The molecule has 0 unspecified atom stereocenters. The van der Waals surface area contributed by atoms with E-state index in [2.05, 4.69) is 15.4 Å². The van der Waals surface area contributed by atoms with Gasteiger partial charge in [-0.3, -0.25) is 4.68 Å². The molecule has 2 aromatic heterocycles. The van der Waals surface area contributed by atoms with Crippen LogP contribution in [0.4, 0.5) is 0 Å². The Bertz CT molecular complexity index is 1700. The van der Waals surface area contributed by atoms with Crippen LogP contribution in [-0.4, -0.2) is 63.2 Å². The van der Waals surface area contributed by atoms with Crippen LogP contribution in [0.15, 0.2) is 65.8 Å². The topological polar surface area (TPSA) is 121 Å². The molecule has 0 saturated heterocycles. The fourth-order valence-corrected chi connectivity index (χ4v) is 7.02. The minimum Gasteiger partial charge on any atom is -0.488 e. The van der Waals surface area contributed by atoms with Gasteiger partial charge in [0.2, 0.25) is 10.0 Å². The molecule has 214 valence electrons. The van der Waals surface area contributed by atoms with Crippen molar-refractivity contribution in [3.63, 3.8) is 0 Å². The molecule has 11 nitrogen and oxygen atoms in total.